The highest BCUT2D eigenvalue weighted by Gasteiger charge is 2.38. The number of anilines is 1. The number of hydrogen-bond donors (Lipinski definition) is 1. The van der Waals surface area contributed by atoms with Crippen LogP contribution in [0.15, 0.2) is 54.6 Å². The molecule has 4 nitrogen and oxygen atoms in total. The number of nitrogens with zero attached hydrogens (tertiary/aromatic N) is 1. The summed E-state index contributed by atoms with van der Waals surface area (Å²) in [6.07, 6.45) is 5.52. The lowest BCUT2D eigenvalue weighted by atomic mass is 9.76. The van der Waals surface area contributed by atoms with Crippen LogP contribution in [0.2, 0.25) is 0 Å². The molecule has 0 bridgehead atoms. The van der Waals surface area contributed by atoms with E-state index in [1.807, 2.05) is 6.07 Å². The number of fused-ring (bicyclic) bond motifs is 3. The predicted molar refractivity (Wildman–Crippen MR) is 90.6 cm³/mol. The van der Waals surface area contributed by atoms with Gasteiger partial charge in [0.1, 0.15) is 0 Å². The van der Waals surface area contributed by atoms with Crippen LogP contribution in [0.4, 0.5) is 11.4 Å². The van der Waals surface area contributed by atoms with Crippen LogP contribution >= 0.6 is 0 Å². The lowest BCUT2D eigenvalue weighted by Crippen LogP contribution is -2.29. The van der Waals surface area contributed by atoms with Gasteiger partial charge in [-0.2, -0.15) is 0 Å². The Labute approximate surface area is 135 Å². The van der Waals surface area contributed by atoms with E-state index < -0.39 is 0 Å². The SMILES string of the molecule is Cc1cccc2c1N[C@@H](c1cccc([N+](=O)[O-])c1)[C@@H]1CC=C[C@H]21. The molecule has 116 valence electrons. The number of nitro benzene ring substituents is 1. The third kappa shape index (κ3) is 2.22. The number of aryl methyl sites for hydroxylation is 1. The molecule has 0 unspecified atom stereocenters. The first-order valence-electron chi connectivity index (χ1n) is 7.92. The number of hydrogen-bond acceptors (Lipinski definition) is 3. The van der Waals surface area contributed by atoms with Crippen molar-refractivity contribution < 1.29 is 4.92 Å². The fraction of sp³-hybridized carbons (Fsp3) is 0.263. The summed E-state index contributed by atoms with van der Waals surface area (Å²) in [5, 5.41) is 14.7. The average molecular weight is 306 g/mol. The zero-order valence-corrected chi connectivity index (χ0v) is 12.9. The van der Waals surface area contributed by atoms with Crippen LogP contribution in [-0.4, -0.2) is 4.92 Å². The van der Waals surface area contributed by atoms with Crippen molar-refractivity contribution in [2.24, 2.45) is 5.92 Å². The molecule has 0 saturated heterocycles. The fourth-order valence-corrected chi connectivity index (χ4v) is 3.94. The molecule has 0 spiro atoms. The largest absolute Gasteiger partial charge is 0.377 e. The van der Waals surface area contributed by atoms with Gasteiger partial charge in [-0.3, -0.25) is 10.1 Å². The number of nitrogens with one attached hydrogen (secondary N) is 1. The Morgan fingerprint density at radius 3 is 2.87 bits per heavy atom. The van der Waals surface area contributed by atoms with Crippen LogP contribution in [0.3, 0.4) is 0 Å². The van der Waals surface area contributed by atoms with Gasteiger partial charge in [0.25, 0.3) is 5.69 Å². The second-order valence-electron chi connectivity index (χ2n) is 6.37. The van der Waals surface area contributed by atoms with Gasteiger partial charge < -0.3 is 5.32 Å². The normalized spacial score (nSPS) is 24.7. The van der Waals surface area contributed by atoms with Crippen LogP contribution in [0.5, 0.6) is 0 Å². The van der Waals surface area contributed by atoms with Crippen LogP contribution in [0.1, 0.15) is 35.1 Å². The van der Waals surface area contributed by atoms with E-state index in [0.717, 1.165) is 12.0 Å². The van der Waals surface area contributed by atoms with Gasteiger partial charge in [-0.15, -0.1) is 0 Å². The van der Waals surface area contributed by atoms with Crippen molar-refractivity contribution in [1.82, 2.24) is 0 Å². The molecule has 4 rings (SSSR count). The Hall–Kier alpha value is -2.62. The van der Waals surface area contributed by atoms with Gasteiger partial charge in [-0.05, 0) is 36.0 Å². The molecule has 0 fully saturated rings. The lowest BCUT2D eigenvalue weighted by Gasteiger charge is -2.38. The molecule has 1 N–H and O–H groups in total. The van der Waals surface area contributed by atoms with Crippen molar-refractivity contribution in [2.75, 3.05) is 5.32 Å². The van der Waals surface area contributed by atoms with E-state index in [2.05, 4.69) is 42.6 Å². The van der Waals surface area contributed by atoms with E-state index in [4.69, 9.17) is 0 Å². The van der Waals surface area contributed by atoms with E-state index in [-0.39, 0.29) is 16.7 Å². The highest BCUT2D eigenvalue weighted by molar-refractivity contribution is 5.64. The van der Waals surface area contributed by atoms with Crippen molar-refractivity contribution >= 4 is 11.4 Å². The van der Waals surface area contributed by atoms with Gasteiger partial charge in [0.15, 0.2) is 0 Å². The highest BCUT2D eigenvalue weighted by Crippen LogP contribution is 2.50. The van der Waals surface area contributed by atoms with E-state index in [9.17, 15) is 10.1 Å². The van der Waals surface area contributed by atoms with E-state index in [1.165, 1.54) is 16.8 Å². The van der Waals surface area contributed by atoms with Gasteiger partial charge in [0.05, 0.1) is 11.0 Å². The minimum atomic E-state index is -0.324. The third-order valence-corrected chi connectivity index (χ3v) is 5.05. The first kappa shape index (κ1) is 14.0. The molecule has 3 atom stereocenters. The second kappa shape index (κ2) is 5.23. The molecule has 0 amide bonds. The third-order valence-electron chi connectivity index (χ3n) is 5.05. The minimum Gasteiger partial charge on any atom is -0.377 e. The van der Waals surface area contributed by atoms with Crippen molar-refractivity contribution in [3.8, 4) is 0 Å². The van der Waals surface area contributed by atoms with Crippen molar-refractivity contribution in [3.05, 3.63) is 81.4 Å². The van der Waals surface area contributed by atoms with E-state index in [0.29, 0.717) is 11.8 Å². The molecule has 0 saturated carbocycles. The summed E-state index contributed by atoms with van der Waals surface area (Å²) in [7, 11) is 0. The Morgan fingerprint density at radius 2 is 2.04 bits per heavy atom. The first-order chi connectivity index (χ1) is 11.1. The van der Waals surface area contributed by atoms with Gasteiger partial charge in [0, 0.05) is 23.7 Å². The highest BCUT2D eigenvalue weighted by atomic mass is 16.6. The average Bonchev–Trinajstić information content (AvgIpc) is 3.04. The summed E-state index contributed by atoms with van der Waals surface area (Å²) in [5.74, 6) is 0.793. The molecule has 0 radical (unpaired) electrons. The molecule has 0 aromatic heterocycles. The van der Waals surface area contributed by atoms with Crippen LogP contribution in [0, 0.1) is 23.0 Å². The van der Waals surface area contributed by atoms with E-state index in [1.54, 1.807) is 18.2 Å². The predicted octanol–water partition coefficient (Wildman–Crippen LogP) is 4.73. The maximum absolute atomic E-state index is 11.1. The topological polar surface area (TPSA) is 55.2 Å². The molecule has 4 heteroatoms. The van der Waals surface area contributed by atoms with Crippen LogP contribution in [-0.2, 0) is 0 Å². The molecular weight excluding hydrogens is 288 g/mol. The Morgan fingerprint density at radius 1 is 1.22 bits per heavy atom. The zero-order chi connectivity index (χ0) is 16.0. The van der Waals surface area contributed by atoms with Gasteiger partial charge >= 0.3 is 0 Å². The Bertz CT molecular complexity index is 813. The maximum atomic E-state index is 11.1. The monoisotopic (exact) mass is 306 g/mol. The molecule has 2 aromatic rings. The number of non-ortho nitro benzene ring substituents is 1. The summed E-state index contributed by atoms with van der Waals surface area (Å²) in [5.41, 5.74) is 4.88. The number of para-hydroxylation sites is 1. The van der Waals surface area contributed by atoms with E-state index >= 15 is 0 Å². The quantitative estimate of drug-likeness (QED) is 0.496. The molecule has 2 aromatic carbocycles. The standard InChI is InChI=1S/C19H18N2O2/c1-12-5-2-9-16-15-8-4-10-17(15)19(20-18(12)16)13-6-3-7-14(11-13)21(22)23/h2-9,11,15,17,19-20H,10H2,1H3/t15-,17-,19+/m1/s1. The summed E-state index contributed by atoms with van der Waals surface area (Å²) >= 11 is 0. The summed E-state index contributed by atoms with van der Waals surface area (Å²) in [4.78, 5) is 10.8. The summed E-state index contributed by atoms with van der Waals surface area (Å²) in [6, 6.07) is 13.5. The first-order valence-corrected chi connectivity index (χ1v) is 7.92. The molecule has 23 heavy (non-hydrogen) atoms. The number of benzene rings is 2. The molecule has 1 aliphatic carbocycles. The fourth-order valence-electron chi connectivity index (χ4n) is 3.94. The number of rotatable bonds is 2. The summed E-state index contributed by atoms with van der Waals surface area (Å²) in [6.45, 7) is 2.11. The van der Waals surface area contributed by atoms with Gasteiger partial charge in [-0.1, -0.05) is 42.5 Å². The Kier molecular flexibility index (Phi) is 3.18. The number of allylic oxidation sites excluding steroid dienone is 2. The van der Waals surface area contributed by atoms with Crippen molar-refractivity contribution in [3.63, 3.8) is 0 Å². The maximum Gasteiger partial charge on any atom is 0.269 e. The van der Waals surface area contributed by atoms with Gasteiger partial charge in [0.2, 0.25) is 0 Å². The lowest BCUT2D eigenvalue weighted by molar-refractivity contribution is -0.384. The van der Waals surface area contributed by atoms with Crippen molar-refractivity contribution in [2.45, 2.75) is 25.3 Å². The molecule has 2 aliphatic rings. The molecular formula is C19H18N2O2. The number of nitro groups is 1. The summed E-state index contributed by atoms with van der Waals surface area (Å²) < 4.78 is 0. The Balaban J connectivity index is 1.80. The van der Waals surface area contributed by atoms with Crippen molar-refractivity contribution in [1.29, 1.82) is 0 Å². The minimum absolute atomic E-state index is 0.100. The van der Waals surface area contributed by atoms with Gasteiger partial charge in [-0.25, -0.2) is 0 Å². The van der Waals surface area contributed by atoms with Crippen LogP contribution < -0.4 is 5.32 Å². The zero-order valence-electron chi connectivity index (χ0n) is 12.9. The molecule has 1 heterocycles. The second-order valence-corrected chi connectivity index (χ2v) is 6.37. The molecule has 1 aliphatic heterocycles. The van der Waals surface area contributed by atoms with Crippen LogP contribution in [0.25, 0.3) is 0 Å². The smallest absolute Gasteiger partial charge is 0.269 e.